The van der Waals surface area contributed by atoms with E-state index in [1.54, 1.807) is 25.1 Å². The Balaban J connectivity index is 1.84. The summed E-state index contributed by atoms with van der Waals surface area (Å²) in [6.45, 7) is 1.76. The summed E-state index contributed by atoms with van der Waals surface area (Å²) >= 11 is 0. The van der Waals surface area contributed by atoms with Crippen LogP contribution in [-0.2, 0) is 16.1 Å². The lowest BCUT2D eigenvalue weighted by atomic mass is 10.2. The first-order valence-electron chi connectivity index (χ1n) is 6.59. The average Bonchev–Trinajstić information content (AvgIpc) is 2.54. The number of esters is 1. The van der Waals surface area contributed by atoms with Gasteiger partial charge in [-0.1, -0.05) is 36.4 Å². The van der Waals surface area contributed by atoms with Crippen molar-refractivity contribution >= 4 is 11.9 Å². The van der Waals surface area contributed by atoms with Crippen LogP contribution in [0.1, 0.15) is 23.0 Å². The van der Waals surface area contributed by atoms with Crippen molar-refractivity contribution in [1.29, 1.82) is 0 Å². The van der Waals surface area contributed by atoms with Crippen molar-refractivity contribution in [1.82, 2.24) is 10.3 Å². The predicted octanol–water partition coefficient (Wildman–Crippen LogP) is 1.94. The number of aromatic nitrogens is 1. The molecule has 0 aliphatic heterocycles. The number of rotatable bonds is 5. The molecule has 1 aromatic heterocycles. The Morgan fingerprint density at radius 1 is 1.14 bits per heavy atom. The molecule has 1 aromatic carbocycles. The molecule has 108 valence electrons. The molecule has 1 unspecified atom stereocenters. The molecule has 0 bridgehead atoms. The van der Waals surface area contributed by atoms with Crippen LogP contribution in [0.5, 0.6) is 0 Å². The Labute approximate surface area is 123 Å². The molecule has 0 aliphatic carbocycles. The maximum Gasteiger partial charge on any atom is 0.328 e. The lowest BCUT2D eigenvalue weighted by Crippen LogP contribution is -2.39. The molecule has 21 heavy (non-hydrogen) atoms. The van der Waals surface area contributed by atoms with E-state index < -0.39 is 17.9 Å². The Kier molecular flexibility index (Phi) is 5.04. The van der Waals surface area contributed by atoms with Gasteiger partial charge < -0.3 is 10.1 Å². The number of hydrogen-bond acceptors (Lipinski definition) is 4. The van der Waals surface area contributed by atoms with Gasteiger partial charge in [-0.2, -0.15) is 0 Å². The molecule has 1 N–H and O–H groups in total. The van der Waals surface area contributed by atoms with Gasteiger partial charge in [0, 0.05) is 6.20 Å². The van der Waals surface area contributed by atoms with E-state index in [2.05, 4.69) is 10.3 Å². The minimum Gasteiger partial charge on any atom is -0.459 e. The molecule has 2 aromatic rings. The van der Waals surface area contributed by atoms with E-state index >= 15 is 0 Å². The third-order valence-electron chi connectivity index (χ3n) is 2.82. The SMILES string of the molecule is CC(NC(=O)c1ccccn1)C(=O)OCc1ccccc1. The fraction of sp³-hybridized carbons (Fsp3) is 0.188. The zero-order valence-corrected chi connectivity index (χ0v) is 11.7. The third-order valence-corrected chi connectivity index (χ3v) is 2.82. The smallest absolute Gasteiger partial charge is 0.328 e. The van der Waals surface area contributed by atoms with Gasteiger partial charge in [-0.3, -0.25) is 9.78 Å². The fourth-order valence-electron chi connectivity index (χ4n) is 1.68. The van der Waals surface area contributed by atoms with Crippen LogP contribution in [0.3, 0.4) is 0 Å². The molecular weight excluding hydrogens is 268 g/mol. The molecule has 0 radical (unpaired) electrons. The van der Waals surface area contributed by atoms with Crippen molar-refractivity contribution in [2.24, 2.45) is 0 Å². The van der Waals surface area contributed by atoms with Crippen LogP contribution < -0.4 is 5.32 Å². The minimum atomic E-state index is -0.733. The Morgan fingerprint density at radius 3 is 2.52 bits per heavy atom. The number of nitrogens with zero attached hydrogens (tertiary/aromatic N) is 1. The maximum atomic E-state index is 11.9. The van der Waals surface area contributed by atoms with E-state index in [1.165, 1.54) is 6.20 Å². The molecule has 0 aliphatic rings. The van der Waals surface area contributed by atoms with Crippen LogP contribution in [0.2, 0.25) is 0 Å². The van der Waals surface area contributed by atoms with Crippen molar-refractivity contribution in [2.45, 2.75) is 19.6 Å². The standard InChI is InChI=1S/C16H16N2O3/c1-12(18-15(19)14-9-5-6-10-17-14)16(20)21-11-13-7-3-2-4-8-13/h2-10,12H,11H2,1H3,(H,18,19). The summed E-state index contributed by atoms with van der Waals surface area (Å²) in [5.74, 6) is -0.886. The minimum absolute atomic E-state index is 0.184. The van der Waals surface area contributed by atoms with Crippen LogP contribution in [0.15, 0.2) is 54.7 Å². The summed E-state index contributed by atoms with van der Waals surface area (Å²) in [6.07, 6.45) is 1.52. The van der Waals surface area contributed by atoms with Crippen LogP contribution in [0.4, 0.5) is 0 Å². The second-order valence-electron chi connectivity index (χ2n) is 4.50. The summed E-state index contributed by atoms with van der Waals surface area (Å²) in [5, 5.41) is 2.56. The Hall–Kier alpha value is -2.69. The average molecular weight is 284 g/mol. The molecule has 5 heteroatoms. The van der Waals surface area contributed by atoms with Crippen molar-refractivity contribution in [3.8, 4) is 0 Å². The van der Waals surface area contributed by atoms with Gasteiger partial charge in [-0.15, -0.1) is 0 Å². The van der Waals surface area contributed by atoms with Crippen LogP contribution in [-0.4, -0.2) is 22.9 Å². The quantitative estimate of drug-likeness (QED) is 0.852. The number of ether oxygens (including phenoxy) is 1. The number of amides is 1. The predicted molar refractivity (Wildman–Crippen MR) is 77.4 cm³/mol. The molecular formula is C16H16N2O3. The van der Waals surface area contributed by atoms with Gasteiger partial charge in [-0.25, -0.2) is 4.79 Å². The highest BCUT2D eigenvalue weighted by molar-refractivity contribution is 5.94. The van der Waals surface area contributed by atoms with Gasteiger partial charge in [0.1, 0.15) is 18.3 Å². The second kappa shape index (κ2) is 7.19. The molecule has 1 atom stereocenters. The van der Waals surface area contributed by atoms with E-state index in [4.69, 9.17) is 4.74 Å². The van der Waals surface area contributed by atoms with E-state index in [1.807, 2.05) is 30.3 Å². The van der Waals surface area contributed by atoms with Gasteiger partial charge in [0.2, 0.25) is 0 Å². The molecule has 1 heterocycles. The van der Waals surface area contributed by atoms with Gasteiger partial charge in [0.25, 0.3) is 5.91 Å². The third kappa shape index (κ3) is 4.42. The lowest BCUT2D eigenvalue weighted by Gasteiger charge is -2.13. The van der Waals surface area contributed by atoms with E-state index in [9.17, 15) is 9.59 Å². The number of pyridine rings is 1. The molecule has 0 saturated heterocycles. The van der Waals surface area contributed by atoms with Gasteiger partial charge in [0.05, 0.1) is 0 Å². The van der Waals surface area contributed by atoms with Crippen molar-refractivity contribution in [3.05, 3.63) is 66.0 Å². The molecule has 5 nitrogen and oxygen atoms in total. The maximum absolute atomic E-state index is 11.9. The number of nitrogens with one attached hydrogen (secondary N) is 1. The summed E-state index contributed by atoms with van der Waals surface area (Å²) in [4.78, 5) is 27.6. The zero-order valence-electron chi connectivity index (χ0n) is 11.7. The second-order valence-corrected chi connectivity index (χ2v) is 4.50. The number of carbonyl (C=O) groups excluding carboxylic acids is 2. The fourth-order valence-corrected chi connectivity index (χ4v) is 1.68. The number of hydrogen-bond donors (Lipinski definition) is 1. The molecule has 2 rings (SSSR count). The van der Waals surface area contributed by atoms with Crippen molar-refractivity contribution in [2.75, 3.05) is 0 Å². The molecule has 0 saturated carbocycles. The topological polar surface area (TPSA) is 68.3 Å². The summed E-state index contributed by atoms with van der Waals surface area (Å²) in [5.41, 5.74) is 1.16. The van der Waals surface area contributed by atoms with Crippen LogP contribution >= 0.6 is 0 Å². The highest BCUT2D eigenvalue weighted by Crippen LogP contribution is 2.02. The Morgan fingerprint density at radius 2 is 1.86 bits per heavy atom. The summed E-state index contributed by atoms with van der Waals surface area (Å²) in [6, 6.07) is 13.6. The van der Waals surface area contributed by atoms with E-state index in [0.29, 0.717) is 0 Å². The first kappa shape index (κ1) is 14.7. The van der Waals surface area contributed by atoms with Gasteiger partial charge >= 0.3 is 5.97 Å². The number of carbonyl (C=O) groups is 2. The number of benzene rings is 1. The largest absolute Gasteiger partial charge is 0.459 e. The van der Waals surface area contributed by atoms with E-state index in [-0.39, 0.29) is 12.3 Å². The molecule has 0 fully saturated rings. The Bertz CT molecular complexity index is 599. The molecule has 0 spiro atoms. The van der Waals surface area contributed by atoms with Crippen LogP contribution in [0.25, 0.3) is 0 Å². The van der Waals surface area contributed by atoms with Gasteiger partial charge in [0.15, 0.2) is 0 Å². The van der Waals surface area contributed by atoms with Crippen molar-refractivity contribution in [3.63, 3.8) is 0 Å². The van der Waals surface area contributed by atoms with Gasteiger partial charge in [-0.05, 0) is 24.6 Å². The lowest BCUT2D eigenvalue weighted by molar-refractivity contribution is -0.146. The zero-order chi connectivity index (χ0) is 15.1. The van der Waals surface area contributed by atoms with Crippen molar-refractivity contribution < 1.29 is 14.3 Å². The summed E-state index contributed by atoms with van der Waals surface area (Å²) in [7, 11) is 0. The first-order valence-corrected chi connectivity index (χ1v) is 6.59. The van der Waals surface area contributed by atoms with E-state index in [0.717, 1.165) is 5.56 Å². The summed E-state index contributed by atoms with van der Waals surface area (Å²) < 4.78 is 5.15. The highest BCUT2D eigenvalue weighted by Gasteiger charge is 2.18. The normalized spacial score (nSPS) is 11.5. The van der Waals surface area contributed by atoms with Crippen LogP contribution in [0, 0.1) is 0 Å². The highest BCUT2D eigenvalue weighted by atomic mass is 16.5. The first-order chi connectivity index (χ1) is 10.2. The monoisotopic (exact) mass is 284 g/mol. The molecule has 1 amide bonds.